The summed E-state index contributed by atoms with van der Waals surface area (Å²) < 4.78 is 2.31. The third-order valence-electron chi connectivity index (χ3n) is 5.86. The van der Waals surface area contributed by atoms with E-state index in [1.54, 1.807) is 12.3 Å². The van der Waals surface area contributed by atoms with E-state index < -0.39 is 0 Å². The fourth-order valence-corrected chi connectivity index (χ4v) is 4.76. The first kappa shape index (κ1) is 16.8. The van der Waals surface area contributed by atoms with Gasteiger partial charge in [-0.2, -0.15) is 0 Å². The molecule has 3 aromatic rings. The van der Waals surface area contributed by atoms with Gasteiger partial charge in [-0.1, -0.05) is 11.6 Å². The maximum atomic E-state index is 12.5. The highest BCUT2D eigenvalue weighted by atomic mass is 35.5. The number of aryl methyl sites for hydroxylation is 1. The van der Waals surface area contributed by atoms with Crippen LogP contribution < -0.4 is 5.43 Å². The molecule has 1 aliphatic heterocycles. The molecule has 1 N–H and O–H groups in total. The molecule has 4 nitrogen and oxygen atoms in total. The van der Waals surface area contributed by atoms with E-state index in [1.807, 2.05) is 6.07 Å². The van der Waals surface area contributed by atoms with Gasteiger partial charge >= 0.3 is 0 Å². The van der Waals surface area contributed by atoms with Crippen LogP contribution in [-0.2, 0) is 19.4 Å². The van der Waals surface area contributed by atoms with Crippen LogP contribution in [0.5, 0.6) is 0 Å². The number of halogens is 1. The Morgan fingerprint density at radius 1 is 1.19 bits per heavy atom. The molecule has 0 saturated carbocycles. The minimum atomic E-state index is 0.114. The lowest BCUT2D eigenvalue weighted by Crippen LogP contribution is -2.27. The summed E-state index contributed by atoms with van der Waals surface area (Å²) in [5.41, 5.74) is 7.05. The van der Waals surface area contributed by atoms with Gasteiger partial charge in [-0.3, -0.25) is 4.79 Å². The first-order valence-corrected chi connectivity index (χ1v) is 9.91. The molecule has 5 rings (SSSR count). The first-order valence-electron chi connectivity index (χ1n) is 9.53. The van der Waals surface area contributed by atoms with Gasteiger partial charge in [0.05, 0.1) is 5.52 Å². The standard InChI is InChI=1S/C22H22ClN3O/c1-25-10-8-20-17(13-25)16-11-15(23)5-6-19(16)26(20)12-14-3-2-4-18-22(14)21(27)7-9-24-18/h5-7,9,11-12H,2-4,8,10,13H2,1H3,(H,24,27)/b14-12+. The van der Waals surface area contributed by atoms with Crippen molar-refractivity contribution in [1.29, 1.82) is 0 Å². The van der Waals surface area contributed by atoms with Crippen LogP contribution in [0.15, 0.2) is 35.3 Å². The summed E-state index contributed by atoms with van der Waals surface area (Å²) in [7, 11) is 2.16. The Bertz CT molecular complexity index is 1140. The van der Waals surface area contributed by atoms with E-state index in [2.05, 4.69) is 39.8 Å². The number of pyridine rings is 1. The molecule has 3 heterocycles. The quantitative estimate of drug-likeness (QED) is 0.684. The Morgan fingerprint density at radius 2 is 2.07 bits per heavy atom. The molecule has 1 aromatic carbocycles. The predicted molar refractivity (Wildman–Crippen MR) is 111 cm³/mol. The summed E-state index contributed by atoms with van der Waals surface area (Å²) in [4.78, 5) is 18.2. The zero-order valence-electron chi connectivity index (χ0n) is 15.4. The van der Waals surface area contributed by atoms with E-state index in [-0.39, 0.29) is 5.43 Å². The van der Waals surface area contributed by atoms with Crippen molar-refractivity contribution in [2.24, 2.45) is 0 Å². The largest absolute Gasteiger partial charge is 0.364 e. The summed E-state index contributed by atoms with van der Waals surface area (Å²) in [6, 6.07) is 7.77. The van der Waals surface area contributed by atoms with Crippen LogP contribution in [-0.4, -0.2) is 28.0 Å². The van der Waals surface area contributed by atoms with Crippen LogP contribution in [0.4, 0.5) is 0 Å². The van der Waals surface area contributed by atoms with Crippen molar-refractivity contribution < 1.29 is 0 Å². The molecular weight excluding hydrogens is 358 g/mol. The van der Waals surface area contributed by atoms with Gasteiger partial charge in [0.1, 0.15) is 0 Å². The molecule has 0 bridgehead atoms. The molecule has 1 aliphatic carbocycles. The van der Waals surface area contributed by atoms with Gasteiger partial charge in [-0.15, -0.1) is 0 Å². The number of aromatic nitrogens is 2. The molecule has 0 fully saturated rings. The SMILES string of the molecule is CN1CCc2c(c3cc(Cl)ccc3n2/C=C2\CCCc3[nH]ccc(=O)c32)C1. The third-order valence-corrected chi connectivity index (χ3v) is 6.10. The van der Waals surface area contributed by atoms with Gasteiger partial charge in [0, 0.05) is 65.3 Å². The van der Waals surface area contributed by atoms with Crippen LogP contribution in [0, 0.1) is 0 Å². The van der Waals surface area contributed by atoms with E-state index in [0.717, 1.165) is 60.6 Å². The number of aromatic amines is 1. The van der Waals surface area contributed by atoms with Crippen LogP contribution >= 0.6 is 11.6 Å². The molecule has 0 saturated heterocycles. The molecule has 2 aromatic heterocycles. The van der Waals surface area contributed by atoms with Crippen molar-refractivity contribution in [1.82, 2.24) is 14.5 Å². The van der Waals surface area contributed by atoms with E-state index in [1.165, 1.54) is 22.2 Å². The fraction of sp³-hybridized carbons (Fsp3) is 0.318. The lowest BCUT2D eigenvalue weighted by atomic mass is 9.91. The van der Waals surface area contributed by atoms with Crippen molar-refractivity contribution in [2.75, 3.05) is 13.6 Å². The number of hydrogen-bond donors (Lipinski definition) is 1. The number of allylic oxidation sites excluding steroid dienone is 1. The number of nitrogens with zero attached hydrogens (tertiary/aromatic N) is 2. The van der Waals surface area contributed by atoms with Crippen LogP contribution in [0.2, 0.25) is 5.02 Å². The van der Waals surface area contributed by atoms with Crippen LogP contribution in [0.25, 0.3) is 22.7 Å². The topological polar surface area (TPSA) is 41.0 Å². The maximum Gasteiger partial charge on any atom is 0.189 e. The van der Waals surface area contributed by atoms with Gasteiger partial charge in [0.25, 0.3) is 0 Å². The monoisotopic (exact) mass is 379 g/mol. The number of nitrogens with one attached hydrogen (secondary N) is 1. The second-order valence-corrected chi connectivity index (χ2v) is 8.08. The highest BCUT2D eigenvalue weighted by Crippen LogP contribution is 2.35. The third kappa shape index (κ3) is 2.75. The lowest BCUT2D eigenvalue weighted by Gasteiger charge is -2.24. The minimum absolute atomic E-state index is 0.114. The Balaban J connectivity index is 1.76. The van der Waals surface area contributed by atoms with E-state index in [9.17, 15) is 4.79 Å². The zero-order valence-corrected chi connectivity index (χ0v) is 16.1. The molecule has 0 radical (unpaired) electrons. The number of rotatable bonds is 1. The summed E-state index contributed by atoms with van der Waals surface area (Å²) in [5, 5.41) is 1.99. The Kier molecular flexibility index (Phi) is 3.99. The molecule has 5 heteroatoms. The van der Waals surface area contributed by atoms with Gasteiger partial charge in [-0.25, -0.2) is 0 Å². The van der Waals surface area contributed by atoms with E-state index in [4.69, 9.17) is 11.6 Å². The molecule has 0 amide bonds. The number of H-pyrrole nitrogens is 1. The van der Waals surface area contributed by atoms with Crippen molar-refractivity contribution in [3.63, 3.8) is 0 Å². The highest BCUT2D eigenvalue weighted by molar-refractivity contribution is 6.31. The van der Waals surface area contributed by atoms with Crippen LogP contribution in [0.3, 0.4) is 0 Å². The Labute approximate surface area is 163 Å². The van der Waals surface area contributed by atoms with Gasteiger partial charge in [0.15, 0.2) is 5.43 Å². The Morgan fingerprint density at radius 3 is 2.96 bits per heavy atom. The number of fused-ring (bicyclic) bond motifs is 4. The van der Waals surface area contributed by atoms with Crippen molar-refractivity contribution in [3.8, 4) is 0 Å². The second-order valence-electron chi connectivity index (χ2n) is 7.65. The molecule has 0 spiro atoms. The molecule has 2 aliphatic rings. The second kappa shape index (κ2) is 6.39. The predicted octanol–water partition coefficient (Wildman–Crippen LogP) is 4.31. The van der Waals surface area contributed by atoms with Crippen molar-refractivity contribution >= 4 is 34.3 Å². The summed E-state index contributed by atoms with van der Waals surface area (Å²) >= 11 is 6.30. The molecule has 27 heavy (non-hydrogen) atoms. The van der Waals surface area contributed by atoms with Gasteiger partial charge < -0.3 is 14.5 Å². The summed E-state index contributed by atoms with van der Waals surface area (Å²) in [6.45, 7) is 1.97. The normalized spacial score (nSPS) is 18.7. The number of hydrogen-bond acceptors (Lipinski definition) is 2. The Hall–Kier alpha value is -2.30. The molecular formula is C22H22ClN3O. The van der Waals surface area contributed by atoms with Gasteiger partial charge in [-0.05, 0) is 55.6 Å². The average Bonchev–Trinajstić information content (AvgIpc) is 2.94. The number of likely N-dealkylation sites (N-methyl/N-ethyl adjacent to an activating group) is 1. The van der Waals surface area contributed by atoms with Crippen molar-refractivity contribution in [2.45, 2.75) is 32.2 Å². The van der Waals surface area contributed by atoms with E-state index in [0.29, 0.717) is 0 Å². The zero-order chi connectivity index (χ0) is 18.5. The van der Waals surface area contributed by atoms with Crippen LogP contribution in [0.1, 0.15) is 35.4 Å². The fourth-order valence-electron chi connectivity index (χ4n) is 4.58. The minimum Gasteiger partial charge on any atom is -0.364 e. The summed E-state index contributed by atoms with van der Waals surface area (Å²) in [6.07, 6.45) is 7.90. The number of benzene rings is 1. The lowest BCUT2D eigenvalue weighted by molar-refractivity contribution is 0.312. The molecule has 138 valence electrons. The maximum absolute atomic E-state index is 12.5. The molecule has 0 atom stereocenters. The smallest absolute Gasteiger partial charge is 0.189 e. The molecule has 0 unspecified atom stereocenters. The highest BCUT2D eigenvalue weighted by Gasteiger charge is 2.23. The van der Waals surface area contributed by atoms with Gasteiger partial charge in [0.2, 0.25) is 0 Å². The van der Waals surface area contributed by atoms with Crippen molar-refractivity contribution in [3.05, 3.63) is 68.2 Å². The summed E-state index contributed by atoms with van der Waals surface area (Å²) in [5.74, 6) is 0. The van der Waals surface area contributed by atoms with E-state index >= 15 is 0 Å². The first-order chi connectivity index (χ1) is 13.1. The average molecular weight is 380 g/mol.